The maximum Gasteiger partial charge on any atom is 0.278 e. The van der Waals surface area contributed by atoms with Crippen LogP contribution in [0.5, 0.6) is 5.75 Å². The summed E-state index contributed by atoms with van der Waals surface area (Å²) in [5, 5.41) is 30.8. The van der Waals surface area contributed by atoms with E-state index in [9.17, 15) is 9.65 Å². The van der Waals surface area contributed by atoms with Crippen LogP contribution in [0.25, 0.3) is 11.6 Å². The van der Waals surface area contributed by atoms with Gasteiger partial charge in [0, 0.05) is 32.0 Å². The summed E-state index contributed by atoms with van der Waals surface area (Å²) in [6.45, 7) is 0.653. The number of ether oxygens (including phenoxy) is 1. The predicted octanol–water partition coefficient (Wildman–Crippen LogP) is 2.75. The zero-order valence-corrected chi connectivity index (χ0v) is 16.4. The Hall–Kier alpha value is -3.29. The third-order valence-electron chi connectivity index (χ3n) is 4.78. The molecule has 11 heteroatoms. The molecule has 0 radical (unpaired) electrons. The van der Waals surface area contributed by atoms with E-state index in [2.05, 4.69) is 26.4 Å². The molecule has 0 spiro atoms. The van der Waals surface area contributed by atoms with Crippen molar-refractivity contribution in [2.24, 2.45) is 0 Å². The molecule has 0 amide bonds. The molecule has 0 bridgehead atoms. The Morgan fingerprint density at radius 3 is 2.70 bits per heavy atom. The SMILES string of the molecule is N#CC1(Oc2cc(F)ccc2Cl)CCN(c2ccc(-c3nc(CO)no3)nn2)CC1. The van der Waals surface area contributed by atoms with E-state index in [-0.39, 0.29) is 29.1 Å². The molecule has 0 unspecified atom stereocenters. The molecule has 1 saturated heterocycles. The molecule has 1 N–H and O–H groups in total. The number of halogens is 2. The number of hydrogen-bond acceptors (Lipinski definition) is 9. The van der Waals surface area contributed by atoms with Gasteiger partial charge in [0.25, 0.3) is 5.89 Å². The second-order valence-electron chi connectivity index (χ2n) is 6.72. The van der Waals surface area contributed by atoms with Gasteiger partial charge in [0.05, 0.1) is 5.02 Å². The number of rotatable bonds is 5. The summed E-state index contributed by atoms with van der Waals surface area (Å²) in [6.07, 6.45) is 0.757. The molecule has 9 nitrogen and oxygen atoms in total. The van der Waals surface area contributed by atoms with E-state index in [1.165, 1.54) is 18.2 Å². The van der Waals surface area contributed by atoms with Crippen LogP contribution in [0.15, 0.2) is 34.9 Å². The number of aliphatic hydroxyl groups excluding tert-OH is 1. The van der Waals surface area contributed by atoms with Crippen molar-refractivity contribution in [3.8, 4) is 23.4 Å². The highest BCUT2D eigenvalue weighted by Crippen LogP contribution is 2.34. The number of aliphatic hydroxyl groups is 1. The molecular weight excluding hydrogens is 415 g/mol. The fraction of sp³-hybridized carbons (Fsp3) is 0.316. The van der Waals surface area contributed by atoms with Crippen LogP contribution in [-0.4, -0.2) is 44.1 Å². The predicted molar refractivity (Wildman–Crippen MR) is 103 cm³/mol. The molecule has 0 atom stereocenters. The highest BCUT2D eigenvalue weighted by molar-refractivity contribution is 6.32. The Labute approximate surface area is 175 Å². The maximum atomic E-state index is 13.5. The van der Waals surface area contributed by atoms with Crippen molar-refractivity contribution < 1.29 is 18.8 Å². The Bertz CT molecular complexity index is 1080. The Kier molecular flexibility index (Phi) is 5.48. The van der Waals surface area contributed by atoms with Crippen LogP contribution in [0.4, 0.5) is 10.2 Å². The summed E-state index contributed by atoms with van der Waals surface area (Å²) < 4.78 is 24.4. The summed E-state index contributed by atoms with van der Waals surface area (Å²) in [7, 11) is 0. The lowest BCUT2D eigenvalue weighted by molar-refractivity contribution is 0.0988. The minimum absolute atomic E-state index is 0.151. The molecular formula is C19H16ClFN6O3. The van der Waals surface area contributed by atoms with Crippen molar-refractivity contribution in [3.05, 3.63) is 47.0 Å². The monoisotopic (exact) mass is 430 g/mol. The highest BCUT2D eigenvalue weighted by Gasteiger charge is 2.38. The van der Waals surface area contributed by atoms with Gasteiger partial charge in [0.1, 0.15) is 24.2 Å². The Morgan fingerprint density at radius 1 is 1.27 bits per heavy atom. The number of anilines is 1. The van der Waals surface area contributed by atoms with Crippen LogP contribution in [0.3, 0.4) is 0 Å². The Balaban J connectivity index is 1.44. The van der Waals surface area contributed by atoms with Crippen molar-refractivity contribution in [1.82, 2.24) is 20.3 Å². The summed E-state index contributed by atoms with van der Waals surface area (Å²) in [4.78, 5) is 5.96. The molecule has 3 heterocycles. The number of piperidine rings is 1. The number of hydrogen-bond donors (Lipinski definition) is 1. The molecule has 1 aliphatic heterocycles. The molecule has 154 valence electrons. The fourth-order valence-corrected chi connectivity index (χ4v) is 3.29. The molecule has 1 aliphatic rings. The molecule has 1 aromatic carbocycles. The zero-order chi connectivity index (χ0) is 21.1. The quantitative estimate of drug-likeness (QED) is 0.650. The first-order chi connectivity index (χ1) is 14.5. The van der Waals surface area contributed by atoms with Gasteiger partial charge in [-0.2, -0.15) is 10.2 Å². The van der Waals surface area contributed by atoms with Gasteiger partial charge in [0.2, 0.25) is 0 Å². The molecule has 4 rings (SSSR count). The minimum Gasteiger partial charge on any atom is -0.471 e. The van der Waals surface area contributed by atoms with Gasteiger partial charge in [-0.15, -0.1) is 10.2 Å². The molecule has 0 saturated carbocycles. The normalized spacial score (nSPS) is 15.6. The Morgan fingerprint density at radius 2 is 2.07 bits per heavy atom. The van der Waals surface area contributed by atoms with Crippen molar-refractivity contribution in [1.29, 1.82) is 5.26 Å². The van der Waals surface area contributed by atoms with E-state index < -0.39 is 11.4 Å². The van der Waals surface area contributed by atoms with Crippen LogP contribution in [-0.2, 0) is 6.61 Å². The largest absolute Gasteiger partial charge is 0.471 e. The van der Waals surface area contributed by atoms with Gasteiger partial charge in [-0.3, -0.25) is 0 Å². The topological polar surface area (TPSA) is 121 Å². The van der Waals surface area contributed by atoms with Crippen LogP contribution >= 0.6 is 11.6 Å². The molecule has 3 aromatic rings. The molecule has 2 aromatic heterocycles. The van der Waals surface area contributed by atoms with Crippen LogP contribution in [0, 0.1) is 17.1 Å². The lowest BCUT2D eigenvalue weighted by Crippen LogP contribution is -2.47. The van der Waals surface area contributed by atoms with E-state index in [1.807, 2.05) is 4.90 Å². The number of nitrogens with zero attached hydrogens (tertiary/aromatic N) is 6. The minimum atomic E-state index is -1.11. The van der Waals surface area contributed by atoms with Gasteiger partial charge in [-0.1, -0.05) is 16.8 Å². The maximum absolute atomic E-state index is 13.5. The van der Waals surface area contributed by atoms with Crippen molar-refractivity contribution in [3.63, 3.8) is 0 Å². The van der Waals surface area contributed by atoms with Crippen LogP contribution in [0.1, 0.15) is 18.7 Å². The highest BCUT2D eigenvalue weighted by atomic mass is 35.5. The van der Waals surface area contributed by atoms with Crippen LogP contribution in [0.2, 0.25) is 5.02 Å². The summed E-state index contributed by atoms with van der Waals surface area (Å²) >= 11 is 6.07. The van der Waals surface area contributed by atoms with Crippen molar-refractivity contribution >= 4 is 17.4 Å². The van der Waals surface area contributed by atoms with Gasteiger partial charge < -0.3 is 19.3 Å². The number of aromatic nitrogens is 4. The molecule has 0 aliphatic carbocycles. The first-order valence-electron chi connectivity index (χ1n) is 9.10. The molecule has 1 fully saturated rings. The number of benzene rings is 1. The summed E-state index contributed by atoms with van der Waals surface area (Å²) in [5.74, 6) is 0.620. The lowest BCUT2D eigenvalue weighted by atomic mass is 9.92. The van der Waals surface area contributed by atoms with Gasteiger partial charge in [-0.25, -0.2) is 4.39 Å². The van der Waals surface area contributed by atoms with E-state index >= 15 is 0 Å². The zero-order valence-electron chi connectivity index (χ0n) is 15.6. The van der Waals surface area contributed by atoms with E-state index in [0.29, 0.717) is 37.4 Å². The fourth-order valence-electron chi connectivity index (χ4n) is 3.13. The third kappa shape index (κ3) is 4.03. The van der Waals surface area contributed by atoms with Gasteiger partial charge in [-0.05, 0) is 24.3 Å². The van der Waals surface area contributed by atoms with E-state index in [0.717, 1.165) is 0 Å². The first kappa shape index (κ1) is 20.0. The average Bonchev–Trinajstić information content (AvgIpc) is 3.26. The van der Waals surface area contributed by atoms with E-state index in [4.69, 9.17) is 26.0 Å². The van der Waals surface area contributed by atoms with Crippen LogP contribution < -0.4 is 9.64 Å². The number of nitriles is 1. The third-order valence-corrected chi connectivity index (χ3v) is 5.09. The smallest absolute Gasteiger partial charge is 0.278 e. The van der Waals surface area contributed by atoms with Gasteiger partial charge >= 0.3 is 0 Å². The summed E-state index contributed by atoms with van der Waals surface area (Å²) in [6, 6.07) is 9.47. The van der Waals surface area contributed by atoms with Crippen molar-refractivity contribution in [2.75, 3.05) is 18.0 Å². The van der Waals surface area contributed by atoms with Crippen molar-refractivity contribution in [2.45, 2.75) is 25.0 Å². The second-order valence-corrected chi connectivity index (χ2v) is 7.13. The first-order valence-corrected chi connectivity index (χ1v) is 9.47. The summed E-state index contributed by atoms with van der Waals surface area (Å²) in [5.41, 5.74) is -0.718. The second kappa shape index (κ2) is 8.22. The lowest BCUT2D eigenvalue weighted by Gasteiger charge is -2.37. The van der Waals surface area contributed by atoms with Gasteiger partial charge in [0.15, 0.2) is 22.9 Å². The standard InChI is InChI=1S/C19H16ClFN6O3/c20-13-2-1-12(21)9-15(13)29-19(11-22)5-7-27(8-6-19)17-4-3-14(24-25-17)18-23-16(10-28)26-30-18/h1-4,9,28H,5-8,10H2. The molecule has 30 heavy (non-hydrogen) atoms. The van der Waals surface area contributed by atoms with E-state index in [1.54, 1.807) is 12.1 Å². The average molecular weight is 431 g/mol.